The summed E-state index contributed by atoms with van der Waals surface area (Å²) in [4.78, 5) is 26.1. The van der Waals surface area contributed by atoms with Crippen molar-refractivity contribution in [2.45, 2.75) is 44.4 Å². The summed E-state index contributed by atoms with van der Waals surface area (Å²) >= 11 is 6.54. The first kappa shape index (κ1) is 27.6. The van der Waals surface area contributed by atoms with E-state index in [0.29, 0.717) is 49.1 Å². The minimum absolute atomic E-state index is 0.162. The Morgan fingerprint density at radius 2 is 2.07 bits per heavy atom. The number of benzene rings is 1. The van der Waals surface area contributed by atoms with Gasteiger partial charge in [0.2, 0.25) is 0 Å². The van der Waals surface area contributed by atoms with E-state index in [9.17, 15) is 18.0 Å². The van der Waals surface area contributed by atoms with Crippen LogP contribution in [0.3, 0.4) is 0 Å². The van der Waals surface area contributed by atoms with Gasteiger partial charge in [0.15, 0.2) is 11.6 Å². The van der Waals surface area contributed by atoms with Gasteiger partial charge >= 0.3 is 12.2 Å². The normalized spacial score (nSPS) is 21.1. The van der Waals surface area contributed by atoms with Crippen molar-refractivity contribution in [2.24, 2.45) is 0 Å². The molecular weight excluding hydrogens is 563 g/mol. The lowest BCUT2D eigenvalue weighted by molar-refractivity contribution is -0.141. The van der Waals surface area contributed by atoms with Gasteiger partial charge in [0, 0.05) is 24.7 Å². The van der Waals surface area contributed by atoms with Gasteiger partial charge in [-0.15, -0.1) is 0 Å². The summed E-state index contributed by atoms with van der Waals surface area (Å²) in [6.07, 6.45) is -1.03. The van der Waals surface area contributed by atoms with Gasteiger partial charge in [0.1, 0.15) is 18.5 Å². The zero-order chi connectivity index (χ0) is 28.9. The van der Waals surface area contributed by atoms with E-state index in [1.807, 2.05) is 13.8 Å². The summed E-state index contributed by atoms with van der Waals surface area (Å²) in [6, 6.07) is 7.50. The number of rotatable bonds is 5. The molecule has 13 heteroatoms. The average molecular weight is 590 g/mol. The van der Waals surface area contributed by atoms with E-state index in [1.54, 1.807) is 17.0 Å². The summed E-state index contributed by atoms with van der Waals surface area (Å²) in [7, 11) is 0. The highest BCUT2D eigenvalue weighted by Gasteiger charge is 2.41. The summed E-state index contributed by atoms with van der Waals surface area (Å²) in [5.74, 6) is 0.107. The summed E-state index contributed by atoms with van der Waals surface area (Å²) in [5, 5.41) is 3.07. The van der Waals surface area contributed by atoms with Gasteiger partial charge in [-0.05, 0) is 38.5 Å². The third-order valence-electron chi connectivity index (χ3n) is 7.18. The SMILES string of the molecule is CC1(C)OC[C@H](COc2cncc(NC(=O)N3c4nc(-c5cccc(C(F)(F)F)c5)c(Cl)cc4N4CC[C@H]3C4)c2)O1. The highest BCUT2D eigenvalue weighted by molar-refractivity contribution is 6.33. The second-order valence-electron chi connectivity index (χ2n) is 10.6. The lowest BCUT2D eigenvalue weighted by atomic mass is 10.1. The smallest absolute Gasteiger partial charge is 0.416 e. The predicted molar refractivity (Wildman–Crippen MR) is 146 cm³/mol. The Morgan fingerprint density at radius 1 is 1.24 bits per heavy atom. The van der Waals surface area contributed by atoms with E-state index in [1.165, 1.54) is 24.5 Å². The number of halogens is 4. The van der Waals surface area contributed by atoms with Crippen LogP contribution in [0.5, 0.6) is 5.75 Å². The molecule has 1 aromatic carbocycles. The number of amides is 2. The highest BCUT2D eigenvalue weighted by Crippen LogP contribution is 2.44. The van der Waals surface area contributed by atoms with E-state index in [4.69, 9.17) is 25.8 Å². The highest BCUT2D eigenvalue weighted by atomic mass is 35.5. The molecule has 2 saturated heterocycles. The minimum atomic E-state index is -4.52. The number of hydrogen-bond acceptors (Lipinski definition) is 7. The summed E-state index contributed by atoms with van der Waals surface area (Å²) in [5.41, 5.74) is 0.608. The first-order valence-electron chi connectivity index (χ1n) is 13.1. The monoisotopic (exact) mass is 589 g/mol. The number of nitrogens with one attached hydrogen (secondary N) is 1. The molecular formula is C28H27ClF3N5O4. The van der Waals surface area contributed by atoms with Crippen LogP contribution in [0.25, 0.3) is 11.3 Å². The number of alkyl halides is 3. The molecule has 0 radical (unpaired) electrons. The first-order chi connectivity index (χ1) is 19.5. The molecule has 41 heavy (non-hydrogen) atoms. The molecule has 3 aromatic rings. The zero-order valence-electron chi connectivity index (χ0n) is 22.2. The van der Waals surface area contributed by atoms with Crippen LogP contribution in [0.4, 0.5) is 35.2 Å². The number of ether oxygens (including phenoxy) is 3. The number of carbonyl (C=O) groups excluding carboxylic acids is 1. The molecule has 2 aromatic heterocycles. The number of aromatic nitrogens is 2. The molecule has 0 saturated carbocycles. The molecule has 5 heterocycles. The Kier molecular flexibility index (Phi) is 6.95. The Balaban J connectivity index is 1.25. The lowest BCUT2D eigenvalue weighted by Crippen LogP contribution is -2.48. The Hall–Kier alpha value is -3.61. The van der Waals surface area contributed by atoms with Crippen LogP contribution in [-0.2, 0) is 15.7 Å². The number of anilines is 3. The molecule has 1 N–H and O–H groups in total. The maximum absolute atomic E-state index is 13.7. The second kappa shape index (κ2) is 10.3. The van der Waals surface area contributed by atoms with E-state index < -0.39 is 23.6 Å². The van der Waals surface area contributed by atoms with Crippen LogP contribution in [0.15, 0.2) is 48.8 Å². The molecule has 2 amide bonds. The summed E-state index contributed by atoms with van der Waals surface area (Å²) < 4.78 is 57.3. The number of carbonyl (C=O) groups is 1. The largest absolute Gasteiger partial charge is 0.489 e. The van der Waals surface area contributed by atoms with Crippen molar-refractivity contribution < 1.29 is 32.2 Å². The second-order valence-corrected chi connectivity index (χ2v) is 11.0. The number of urea groups is 1. The van der Waals surface area contributed by atoms with E-state index in [-0.39, 0.29) is 35.0 Å². The third-order valence-corrected chi connectivity index (χ3v) is 7.47. The van der Waals surface area contributed by atoms with Gasteiger partial charge in [0.25, 0.3) is 0 Å². The predicted octanol–water partition coefficient (Wildman–Crippen LogP) is 5.98. The summed E-state index contributed by atoms with van der Waals surface area (Å²) in [6.45, 7) is 5.60. The van der Waals surface area contributed by atoms with E-state index in [0.717, 1.165) is 12.1 Å². The zero-order valence-corrected chi connectivity index (χ0v) is 23.0. The number of hydrogen-bond donors (Lipinski definition) is 1. The van der Waals surface area contributed by atoms with E-state index in [2.05, 4.69) is 20.2 Å². The quantitative estimate of drug-likeness (QED) is 0.392. The van der Waals surface area contributed by atoms with Crippen LogP contribution in [0.1, 0.15) is 25.8 Å². The van der Waals surface area contributed by atoms with Gasteiger partial charge in [0.05, 0.1) is 52.7 Å². The molecule has 3 aliphatic heterocycles. The van der Waals surface area contributed by atoms with Crippen molar-refractivity contribution in [3.05, 3.63) is 59.4 Å². The molecule has 9 nitrogen and oxygen atoms in total. The molecule has 0 spiro atoms. The van der Waals surface area contributed by atoms with Gasteiger partial charge in [-0.1, -0.05) is 23.7 Å². The number of pyridine rings is 2. The lowest BCUT2D eigenvalue weighted by Gasteiger charge is -2.36. The maximum atomic E-state index is 13.7. The number of fused-ring (bicyclic) bond motifs is 4. The van der Waals surface area contributed by atoms with Crippen molar-refractivity contribution in [3.8, 4) is 17.0 Å². The van der Waals surface area contributed by atoms with Gasteiger partial charge in [-0.2, -0.15) is 13.2 Å². The molecule has 3 aliphatic rings. The molecule has 0 aliphatic carbocycles. The fourth-order valence-corrected chi connectivity index (χ4v) is 5.57. The topological polar surface area (TPSA) is 89.1 Å². The van der Waals surface area contributed by atoms with Crippen LogP contribution >= 0.6 is 11.6 Å². The molecule has 2 bridgehead atoms. The van der Waals surface area contributed by atoms with Crippen molar-refractivity contribution in [2.75, 3.05) is 41.4 Å². The van der Waals surface area contributed by atoms with Crippen molar-refractivity contribution in [1.29, 1.82) is 0 Å². The van der Waals surface area contributed by atoms with Crippen LogP contribution in [-0.4, -0.2) is 60.2 Å². The number of nitrogens with zero attached hydrogens (tertiary/aromatic N) is 4. The first-order valence-corrected chi connectivity index (χ1v) is 13.5. The fourth-order valence-electron chi connectivity index (χ4n) is 5.32. The third kappa shape index (κ3) is 5.64. The Morgan fingerprint density at radius 3 is 2.83 bits per heavy atom. The standard InChI is InChI=1S/C28H27ClF3N5O4/c1-27(2)40-15-21(41-27)14-39-20-9-18(11-33-12-20)34-26(38)37-19-6-7-36(13-19)23-10-22(29)24(35-25(23)37)16-4-3-5-17(8-16)28(30,31)32/h3-5,8-12,19,21H,6-7,13-15H2,1-2H3,(H,34,38)/t19-,21-/m0/s1. The Bertz CT molecular complexity index is 1490. The molecule has 216 valence electrons. The van der Waals surface area contributed by atoms with Crippen LogP contribution in [0, 0.1) is 0 Å². The van der Waals surface area contributed by atoms with Gasteiger partial charge < -0.3 is 24.4 Å². The van der Waals surface area contributed by atoms with Crippen LogP contribution in [0.2, 0.25) is 5.02 Å². The van der Waals surface area contributed by atoms with Crippen molar-refractivity contribution in [1.82, 2.24) is 9.97 Å². The van der Waals surface area contributed by atoms with Crippen LogP contribution < -0.4 is 19.9 Å². The van der Waals surface area contributed by atoms with Crippen molar-refractivity contribution in [3.63, 3.8) is 0 Å². The Labute approximate surface area is 239 Å². The molecule has 0 unspecified atom stereocenters. The minimum Gasteiger partial charge on any atom is -0.489 e. The van der Waals surface area contributed by atoms with E-state index >= 15 is 0 Å². The average Bonchev–Trinajstić information content (AvgIpc) is 3.50. The molecule has 6 rings (SSSR count). The molecule has 2 atom stereocenters. The maximum Gasteiger partial charge on any atom is 0.416 e. The van der Waals surface area contributed by atoms with Crippen molar-refractivity contribution >= 4 is 34.8 Å². The fraction of sp³-hybridized carbons (Fsp3) is 0.393. The molecule has 2 fully saturated rings. The van der Waals surface area contributed by atoms with Gasteiger partial charge in [-0.25, -0.2) is 9.78 Å². The van der Waals surface area contributed by atoms with Gasteiger partial charge in [-0.3, -0.25) is 9.88 Å².